The SMILES string of the molecule is Cc1ncn(-c2ccc(NC(=O)c3cnn(CC(C)(C)O)c3C)cc2)c1C. The highest BCUT2D eigenvalue weighted by Gasteiger charge is 2.19. The van der Waals surface area contributed by atoms with Gasteiger partial charge in [-0.25, -0.2) is 4.98 Å². The number of rotatable bonds is 5. The van der Waals surface area contributed by atoms with Gasteiger partial charge in [0.25, 0.3) is 5.91 Å². The van der Waals surface area contributed by atoms with Gasteiger partial charge in [-0.15, -0.1) is 0 Å². The number of benzene rings is 1. The lowest BCUT2D eigenvalue weighted by molar-refractivity contribution is 0.0570. The van der Waals surface area contributed by atoms with E-state index in [4.69, 9.17) is 0 Å². The summed E-state index contributed by atoms with van der Waals surface area (Å²) in [5.74, 6) is -0.225. The monoisotopic (exact) mass is 367 g/mol. The first-order valence-electron chi connectivity index (χ1n) is 8.83. The van der Waals surface area contributed by atoms with E-state index in [-0.39, 0.29) is 5.91 Å². The second kappa shape index (κ2) is 7.00. The van der Waals surface area contributed by atoms with Crippen LogP contribution in [-0.2, 0) is 6.54 Å². The van der Waals surface area contributed by atoms with Crippen LogP contribution in [0, 0.1) is 20.8 Å². The molecule has 1 amide bonds. The van der Waals surface area contributed by atoms with Gasteiger partial charge in [0.1, 0.15) is 0 Å². The Morgan fingerprint density at radius 1 is 1.15 bits per heavy atom. The maximum absolute atomic E-state index is 12.6. The minimum Gasteiger partial charge on any atom is -0.389 e. The molecular formula is C20H25N5O2. The zero-order valence-electron chi connectivity index (χ0n) is 16.3. The second-order valence-electron chi connectivity index (χ2n) is 7.40. The average molecular weight is 367 g/mol. The van der Waals surface area contributed by atoms with E-state index in [1.807, 2.05) is 49.6 Å². The molecule has 0 fully saturated rings. The molecule has 0 unspecified atom stereocenters. The second-order valence-corrected chi connectivity index (χ2v) is 7.40. The lowest BCUT2D eigenvalue weighted by atomic mass is 10.1. The first-order chi connectivity index (χ1) is 12.7. The van der Waals surface area contributed by atoms with Crippen molar-refractivity contribution in [1.82, 2.24) is 19.3 Å². The number of hydrogen-bond donors (Lipinski definition) is 2. The van der Waals surface area contributed by atoms with E-state index in [0.717, 1.165) is 22.8 Å². The van der Waals surface area contributed by atoms with Gasteiger partial charge in [-0.1, -0.05) is 0 Å². The Bertz CT molecular complexity index is 961. The molecule has 0 radical (unpaired) electrons. The first-order valence-corrected chi connectivity index (χ1v) is 8.83. The standard InChI is InChI=1S/C20H25N5O2/c1-13-14(2)24(12-21-13)17-8-6-16(7-9-17)23-19(26)18-10-22-25(15(18)3)11-20(4,5)27/h6-10,12,27H,11H2,1-5H3,(H,23,26). The van der Waals surface area contributed by atoms with Crippen LogP contribution < -0.4 is 5.32 Å². The number of amides is 1. The molecule has 0 atom stereocenters. The van der Waals surface area contributed by atoms with Crippen LogP contribution >= 0.6 is 0 Å². The van der Waals surface area contributed by atoms with E-state index in [9.17, 15) is 9.90 Å². The normalized spacial score (nSPS) is 11.6. The van der Waals surface area contributed by atoms with Gasteiger partial charge in [-0.05, 0) is 58.9 Å². The number of nitrogens with zero attached hydrogens (tertiary/aromatic N) is 4. The van der Waals surface area contributed by atoms with Crippen LogP contribution in [0.5, 0.6) is 0 Å². The maximum atomic E-state index is 12.6. The Morgan fingerprint density at radius 2 is 1.81 bits per heavy atom. The molecule has 142 valence electrons. The van der Waals surface area contributed by atoms with Crippen LogP contribution in [0.4, 0.5) is 5.69 Å². The van der Waals surface area contributed by atoms with Crippen molar-refractivity contribution in [2.75, 3.05) is 5.32 Å². The Labute approximate surface area is 158 Å². The predicted molar refractivity (Wildman–Crippen MR) is 104 cm³/mol. The maximum Gasteiger partial charge on any atom is 0.259 e. The molecule has 7 nitrogen and oxygen atoms in total. The van der Waals surface area contributed by atoms with Crippen LogP contribution in [-0.4, -0.2) is 35.9 Å². The highest BCUT2D eigenvalue weighted by molar-refractivity contribution is 6.04. The fourth-order valence-electron chi connectivity index (χ4n) is 2.86. The molecule has 7 heteroatoms. The molecule has 0 saturated carbocycles. The third kappa shape index (κ3) is 4.09. The van der Waals surface area contributed by atoms with Crippen LogP contribution in [0.25, 0.3) is 5.69 Å². The number of aromatic nitrogens is 4. The van der Waals surface area contributed by atoms with Crippen molar-refractivity contribution < 1.29 is 9.90 Å². The van der Waals surface area contributed by atoms with E-state index < -0.39 is 5.60 Å². The Balaban J connectivity index is 1.74. The van der Waals surface area contributed by atoms with E-state index >= 15 is 0 Å². The Morgan fingerprint density at radius 3 is 2.37 bits per heavy atom. The highest BCUT2D eigenvalue weighted by atomic mass is 16.3. The summed E-state index contributed by atoms with van der Waals surface area (Å²) in [7, 11) is 0. The molecule has 0 bridgehead atoms. The molecule has 0 aliphatic carbocycles. The molecule has 1 aromatic carbocycles. The molecule has 3 aromatic rings. The topological polar surface area (TPSA) is 85.0 Å². The zero-order valence-corrected chi connectivity index (χ0v) is 16.3. The quantitative estimate of drug-likeness (QED) is 0.726. The lowest BCUT2D eigenvalue weighted by Gasteiger charge is -2.18. The highest BCUT2D eigenvalue weighted by Crippen LogP contribution is 2.18. The lowest BCUT2D eigenvalue weighted by Crippen LogP contribution is -2.27. The minimum atomic E-state index is -0.899. The molecule has 2 aromatic heterocycles. The van der Waals surface area contributed by atoms with Gasteiger partial charge in [0, 0.05) is 22.8 Å². The smallest absolute Gasteiger partial charge is 0.259 e. The molecular weight excluding hydrogens is 342 g/mol. The number of anilines is 1. The van der Waals surface area contributed by atoms with E-state index in [0.29, 0.717) is 17.8 Å². The fourth-order valence-corrected chi connectivity index (χ4v) is 2.86. The average Bonchev–Trinajstić information content (AvgIpc) is 3.11. The van der Waals surface area contributed by atoms with Gasteiger partial charge in [-0.3, -0.25) is 9.48 Å². The molecule has 0 spiro atoms. The van der Waals surface area contributed by atoms with E-state index in [1.54, 1.807) is 24.9 Å². The summed E-state index contributed by atoms with van der Waals surface area (Å²) in [5.41, 5.74) is 4.07. The van der Waals surface area contributed by atoms with Crippen molar-refractivity contribution in [3.63, 3.8) is 0 Å². The molecule has 0 aliphatic heterocycles. The number of aliphatic hydroxyl groups is 1. The summed E-state index contributed by atoms with van der Waals surface area (Å²) in [6, 6.07) is 7.60. The number of carbonyl (C=O) groups excluding carboxylic acids is 1. The molecule has 2 N–H and O–H groups in total. The number of imidazole rings is 1. The summed E-state index contributed by atoms with van der Waals surface area (Å²) in [6.45, 7) is 9.55. The largest absolute Gasteiger partial charge is 0.389 e. The Kier molecular flexibility index (Phi) is 4.89. The van der Waals surface area contributed by atoms with Crippen LogP contribution in [0.15, 0.2) is 36.8 Å². The van der Waals surface area contributed by atoms with Crippen molar-refractivity contribution in [1.29, 1.82) is 0 Å². The molecule has 0 aliphatic rings. The number of nitrogens with one attached hydrogen (secondary N) is 1. The summed E-state index contributed by atoms with van der Waals surface area (Å²) < 4.78 is 3.65. The molecule has 27 heavy (non-hydrogen) atoms. The van der Waals surface area contributed by atoms with Gasteiger partial charge in [-0.2, -0.15) is 5.10 Å². The predicted octanol–water partition coefficient (Wildman–Crippen LogP) is 3.02. The van der Waals surface area contributed by atoms with E-state index in [1.165, 1.54) is 6.20 Å². The summed E-state index contributed by atoms with van der Waals surface area (Å²) in [6.07, 6.45) is 3.32. The van der Waals surface area contributed by atoms with Crippen LogP contribution in [0.2, 0.25) is 0 Å². The summed E-state index contributed by atoms with van der Waals surface area (Å²) >= 11 is 0. The molecule has 3 rings (SSSR count). The number of carbonyl (C=O) groups is 1. The zero-order chi connectivity index (χ0) is 19.8. The van der Waals surface area contributed by atoms with Crippen LogP contribution in [0.3, 0.4) is 0 Å². The molecule has 2 heterocycles. The number of hydrogen-bond acceptors (Lipinski definition) is 4. The first kappa shape index (κ1) is 18.8. The minimum absolute atomic E-state index is 0.225. The van der Waals surface area contributed by atoms with Gasteiger partial charge >= 0.3 is 0 Å². The third-order valence-electron chi connectivity index (χ3n) is 4.54. The molecule has 0 saturated heterocycles. The van der Waals surface area contributed by atoms with Gasteiger partial charge in [0.2, 0.25) is 0 Å². The van der Waals surface area contributed by atoms with Crippen molar-refractivity contribution in [2.24, 2.45) is 0 Å². The van der Waals surface area contributed by atoms with Gasteiger partial charge < -0.3 is 15.0 Å². The van der Waals surface area contributed by atoms with Crippen molar-refractivity contribution in [3.05, 3.63) is 59.4 Å². The van der Waals surface area contributed by atoms with Gasteiger partial charge in [0.05, 0.1) is 35.9 Å². The van der Waals surface area contributed by atoms with Crippen molar-refractivity contribution in [2.45, 2.75) is 46.8 Å². The van der Waals surface area contributed by atoms with E-state index in [2.05, 4.69) is 15.4 Å². The van der Waals surface area contributed by atoms with Gasteiger partial charge in [0.15, 0.2) is 0 Å². The fraction of sp³-hybridized carbons (Fsp3) is 0.350. The Hall–Kier alpha value is -2.93. The van der Waals surface area contributed by atoms with Crippen molar-refractivity contribution in [3.8, 4) is 5.69 Å². The summed E-state index contributed by atoms with van der Waals surface area (Å²) in [5, 5.41) is 17.1. The number of aryl methyl sites for hydroxylation is 1. The van der Waals surface area contributed by atoms with Crippen LogP contribution in [0.1, 0.15) is 41.3 Å². The summed E-state index contributed by atoms with van der Waals surface area (Å²) in [4.78, 5) is 16.9. The van der Waals surface area contributed by atoms with Crippen molar-refractivity contribution >= 4 is 11.6 Å². The third-order valence-corrected chi connectivity index (χ3v) is 4.54.